The number of carbonyl (C=O) groups excluding carboxylic acids is 2. The highest BCUT2D eigenvalue weighted by atomic mass is 16.5. The Kier molecular flexibility index (Phi) is 5.55. The van der Waals surface area contributed by atoms with E-state index in [-0.39, 0.29) is 12.1 Å². The van der Waals surface area contributed by atoms with Crippen molar-refractivity contribution >= 4 is 12.1 Å². The minimum Gasteiger partial charge on any atom is -0.378 e. The SMILES string of the molecule is CN(C)C(=O)NCCNC(=O)N1CCOCC1. The van der Waals surface area contributed by atoms with E-state index >= 15 is 0 Å². The predicted octanol–water partition coefficient (Wildman–Crippen LogP) is -0.701. The lowest BCUT2D eigenvalue weighted by atomic mass is 10.4. The number of hydrogen-bond donors (Lipinski definition) is 2. The zero-order valence-corrected chi connectivity index (χ0v) is 10.4. The van der Waals surface area contributed by atoms with E-state index in [4.69, 9.17) is 4.74 Å². The fourth-order valence-corrected chi connectivity index (χ4v) is 1.38. The summed E-state index contributed by atoms with van der Waals surface area (Å²) in [6.07, 6.45) is 0. The maximum atomic E-state index is 11.6. The topological polar surface area (TPSA) is 73.9 Å². The summed E-state index contributed by atoms with van der Waals surface area (Å²) in [4.78, 5) is 25.9. The van der Waals surface area contributed by atoms with Crippen molar-refractivity contribution in [2.45, 2.75) is 0 Å². The van der Waals surface area contributed by atoms with Crippen molar-refractivity contribution in [3.05, 3.63) is 0 Å². The molecule has 0 aromatic rings. The second kappa shape index (κ2) is 6.95. The van der Waals surface area contributed by atoms with Gasteiger partial charge in [0.2, 0.25) is 0 Å². The molecule has 0 saturated carbocycles. The number of rotatable bonds is 3. The van der Waals surface area contributed by atoms with E-state index < -0.39 is 0 Å². The van der Waals surface area contributed by atoms with Crippen LogP contribution in [0.1, 0.15) is 0 Å². The Balaban J connectivity index is 2.09. The van der Waals surface area contributed by atoms with Crippen LogP contribution in [0.2, 0.25) is 0 Å². The van der Waals surface area contributed by atoms with Crippen molar-refractivity contribution in [1.29, 1.82) is 0 Å². The van der Waals surface area contributed by atoms with Gasteiger partial charge in [0.15, 0.2) is 0 Å². The number of morpholine rings is 1. The van der Waals surface area contributed by atoms with Gasteiger partial charge in [0.1, 0.15) is 0 Å². The number of nitrogens with one attached hydrogen (secondary N) is 2. The van der Waals surface area contributed by atoms with Crippen LogP contribution in [0, 0.1) is 0 Å². The fourth-order valence-electron chi connectivity index (χ4n) is 1.38. The highest BCUT2D eigenvalue weighted by molar-refractivity contribution is 5.75. The van der Waals surface area contributed by atoms with Crippen LogP contribution in [0.5, 0.6) is 0 Å². The zero-order chi connectivity index (χ0) is 12.7. The van der Waals surface area contributed by atoms with Gasteiger partial charge in [-0.25, -0.2) is 9.59 Å². The molecule has 1 aliphatic rings. The number of hydrogen-bond acceptors (Lipinski definition) is 3. The van der Waals surface area contributed by atoms with Crippen LogP contribution in [0.3, 0.4) is 0 Å². The standard InChI is InChI=1S/C10H20N4O3/c1-13(2)9(15)11-3-4-12-10(16)14-5-7-17-8-6-14/h3-8H2,1-2H3,(H,11,15)(H,12,16). The Hall–Kier alpha value is -1.50. The van der Waals surface area contributed by atoms with E-state index in [9.17, 15) is 9.59 Å². The molecule has 1 heterocycles. The lowest BCUT2D eigenvalue weighted by Gasteiger charge is -2.26. The highest BCUT2D eigenvalue weighted by Crippen LogP contribution is 1.96. The van der Waals surface area contributed by atoms with E-state index in [0.717, 1.165) is 0 Å². The molecule has 0 aliphatic carbocycles. The van der Waals surface area contributed by atoms with E-state index in [1.165, 1.54) is 4.90 Å². The molecule has 4 amide bonds. The molecule has 7 heteroatoms. The van der Waals surface area contributed by atoms with Gasteiger partial charge in [-0.05, 0) is 0 Å². The summed E-state index contributed by atoms with van der Waals surface area (Å²) in [5.41, 5.74) is 0. The number of urea groups is 2. The maximum absolute atomic E-state index is 11.6. The van der Waals surface area contributed by atoms with Crippen LogP contribution in [0.4, 0.5) is 9.59 Å². The molecule has 0 radical (unpaired) electrons. The summed E-state index contributed by atoms with van der Waals surface area (Å²) in [7, 11) is 3.34. The molecular weight excluding hydrogens is 224 g/mol. The van der Waals surface area contributed by atoms with E-state index in [1.54, 1.807) is 19.0 Å². The lowest BCUT2D eigenvalue weighted by Crippen LogP contribution is -2.48. The van der Waals surface area contributed by atoms with Crippen molar-refractivity contribution in [1.82, 2.24) is 20.4 Å². The summed E-state index contributed by atoms with van der Waals surface area (Å²) in [6, 6.07) is -0.266. The van der Waals surface area contributed by atoms with Gasteiger partial charge in [-0.1, -0.05) is 0 Å². The van der Waals surface area contributed by atoms with Gasteiger partial charge < -0.3 is 25.2 Å². The van der Waals surface area contributed by atoms with Gasteiger partial charge in [-0.3, -0.25) is 0 Å². The molecule has 0 unspecified atom stereocenters. The van der Waals surface area contributed by atoms with Crippen LogP contribution in [0.25, 0.3) is 0 Å². The molecule has 17 heavy (non-hydrogen) atoms. The molecule has 1 fully saturated rings. The van der Waals surface area contributed by atoms with E-state index in [2.05, 4.69) is 10.6 Å². The molecule has 0 aromatic heterocycles. The minimum absolute atomic E-state index is 0.104. The largest absolute Gasteiger partial charge is 0.378 e. The number of amides is 4. The average molecular weight is 244 g/mol. The Bertz CT molecular complexity index is 264. The zero-order valence-electron chi connectivity index (χ0n) is 10.4. The maximum Gasteiger partial charge on any atom is 0.317 e. The summed E-state index contributed by atoms with van der Waals surface area (Å²) in [5, 5.41) is 5.41. The first-order valence-electron chi connectivity index (χ1n) is 5.67. The van der Waals surface area contributed by atoms with E-state index in [0.29, 0.717) is 39.4 Å². The molecular formula is C10H20N4O3. The molecule has 7 nitrogen and oxygen atoms in total. The Labute approximate surface area is 101 Å². The normalized spacial score (nSPS) is 15.3. The molecule has 1 aliphatic heterocycles. The van der Waals surface area contributed by atoms with Crippen LogP contribution in [0.15, 0.2) is 0 Å². The van der Waals surface area contributed by atoms with Crippen molar-refractivity contribution in [2.24, 2.45) is 0 Å². The molecule has 0 spiro atoms. The van der Waals surface area contributed by atoms with Gasteiger partial charge in [0.25, 0.3) is 0 Å². The lowest BCUT2D eigenvalue weighted by molar-refractivity contribution is 0.0533. The van der Waals surface area contributed by atoms with Crippen LogP contribution < -0.4 is 10.6 Å². The minimum atomic E-state index is -0.161. The molecule has 0 bridgehead atoms. The Morgan fingerprint density at radius 1 is 1.18 bits per heavy atom. The molecule has 2 N–H and O–H groups in total. The van der Waals surface area contributed by atoms with Crippen molar-refractivity contribution < 1.29 is 14.3 Å². The Morgan fingerprint density at radius 3 is 2.35 bits per heavy atom. The second-order valence-electron chi connectivity index (χ2n) is 3.96. The van der Waals surface area contributed by atoms with Crippen LogP contribution in [-0.2, 0) is 4.74 Å². The van der Waals surface area contributed by atoms with Gasteiger partial charge in [-0.15, -0.1) is 0 Å². The number of carbonyl (C=O) groups is 2. The first-order valence-corrected chi connectivity index (χ1v) is 5.67. The van der Waals surface area contributed by atoms with Gasteiger partial charge in [0.05, 0.1) is 13.2 Å². The monoisotopic (exact) mass is 244 g/mol. The number of ether oxygens (including phenoxy) is 1. The summed E-state index contributed by atoms with van der Waals surface area (Å²) in [5.74, 6) is 0. The highest BCUT2D eigenvalue weighted by Gasteiger charge is 2.15. The summed E-state index contributed by atoms with van der Waals surface area (Å²) in [6.45, 7) is 3.27. The third-order valence-corrected chi connectivity index (χ3v) is 2.38. The first-order chi connectivity index (χ1) is 8.11. The molecule has 1 rings (SSSR count). The Morgan fingerprint density at radius 2 is 1.76 bits per heavy atom. The van der Waals surface area contributed by atoms with Gasteiger partial charge in [-0.2, -0.15) is 0 Å². The van der Waals surface area contributed by atoms with Crippen LogP contribution in [-0.4, -0.2) is 75.4 Å². The van der Waals surface area contributed by atoms with Crippen molar-refractivity contribution in [3.8, 4) is 0 Å². The van der Waals surface area contributed by atoms with Gasteiger partial charge in [0, 0.05) is 40.3 Å². The van der Waals surface area contributed by atoms with Crippen LogP contribution >= 0.6 is 0 Å². The third-order valence-electron chi connectivity index (χ3n) is 2.38. The fraction of sp³-hybridized carbons (Fsp3) is 0.800. The summed E-state index contributed by atoms with van der Waals surface area (Å²) < 4.78 is 5.15. The molecule has 0 aromatic carbocycles. The predicted molar refractivity (Wildman–Crippen MR) is 62.9 cm³/mol. The van der Waals surface area contributed by atoms with E-state index in [1.807, 2.05) is 0 Å². The second-order valence-corrected chi connectivity index (χ2v) is 3.96. The van der Waals surface area contributed by atoms with Gasteiger partial charge >= 0.3 is 12.1 Å². The molecule has 98 valence electrons. The van der Waals surface area contributed by atoms with Crippen molar-refractivity contribution in [3.63, 3.8) is 0 Å². The average Bonchev–Trinajstić information content (AvgIpc) is 2.35. The first kappa shape index (κ1) is 13.6. The molecule has 0 atom stereocenters. The smallest absolute Gasteiger partial charge is 0.317 e. The van der Waals surface area contributed by atoms with Crippen molar-refractivity contribution in [2.75, 3.05) is 53.5 Å². The molecule has 1 saturated heterocycles. The quantitative estimate of drug-likeness (QED) is 0.645. The number of nitrogens with zero attached hydrogens (tertiary/aromatic N) is 2. The summed E-state index contributed by atoms with van der Waals surface area (Å²) >= 11 is 0. The third kappa shape index (κ3) is 4.90.